The van der Waals surface area contributed by atoms with Crippen LogP contribution in [0.5, 0.6) is 0 Å². The lowest BCUT2D eigenvalue weighted by molar-refractivity contribution is -0.384. The van der Waals surface area contributed by atoms with Gasteiger partial charge in [0.2, 0.25) is 0 Å². The fourth-order valence-corrected chi connectivity index (χ4v) is 1.69. The van der Waals surface area contributed by atoms with E-state index < -0.39 is 0 Å². The second kappa shape index (κ2) is 3.29. The summed E-state index contributed by atoms with van der Waals surface area (Å²) in [5.41, 5.74) is 1.23. The van der Waals surface area contributed by atoms with Gasteiger partial charge in [0.15, 0.2) is 0 Å². The van der Waals surface area contributed by atoms with Gasteiger partial charge in [0, 0.05) is 30.9 Å². The van der Waals surface area contributed by atoms with Gasteiger partial charge in [-0.05, 0) is 18.1 Å². The first-order chi connectivity index (χ1) is 6.66. The van der Waals surface area contributed by atoms with Gasteiger partial charge in [-0.3, -0.25) is 10.1 Å². The molecule has 2 rings (SSSR count). The Morgan fingerprint density at radius 3 is 2.36 bits per heavy atom. The normalized spacial score (nSPS) is 16.5. The monoisotopic (exact) mass is 192 g/mol. The maximum absolute atomic E-state index is 10.4. The number of hydrogen-bond donors (Lipinski definition) is 0. The Hall–Kier alpha value is -1.58. The average Bonchev–Trinajstić information content (AvgIpc) is 2.13. The quantitative estimate of drug-likeness (QED) is 0.532. The van der Waals surface area contributed by atoms with Crippen molar-refractivity contribution in [2.24, 2.45) is 5.92 Å². The van der Waals surface area contributed by atoms with Crippen LogP contribution in [0.4, 0.5) is 11.4 Å². The third-order valence-electron chi connectivity index (χ3n) is 2.49. The molecular weight excluding hydrogens is 180 g/mol. The van der Waals surface area contributed by atoms with Crippen molar-refractivity contribution in [3.05, 3.63) is 34.4 Å². The first-order valence-corrected chi connectivity index (χ1v) is 4.66. The summed E-state index contributed by atoms with van der Waals surface area (Å²) in [7, 11) is 0. The van der Waals surface area contributed by atoms with Crippen LogP contribution in [0.1, 0.15) is 6.92 Å². The summed E-state index contributed by atoms with van der Waals surface area (Å²) in [6.45, 7) is 4.30. The van der Waals surface area contributed by atoms with Crippen molar-refractivity contribution in [1.29, 1.82) is 0 Å². The first kappa shape index (κ1) is 8.99. The van der Waals surface area contributed by atoms with Crippen LogP contribution in [-0.2, 0) is 0 Å². The molecule has 0 radical (unpaired) electrons. The highest BCUT2D eigenvalue weighted by Crippen LogP contribution is 2.25. The van der Waals surface area contributed by atoms with Crippen LogP contribution < -0.4 is 4.90 Å². The molecule has 0 bridgehead atoms. The second-order valence-electron chi connectivity index (χ2n) is 3.78. The molecule has 0 amide bonds. The minimum Gasteiger partial charge on any atom is -0.371 e. The Labute approximate surface area is 82.3 Å². The fraction of sp³-hybridized carbons (Fsp3) is 0.400. The fourth-order valence-electron chi connectivity index (χ4n) is 1.69. The van der Waals surface area contributed by atoms with Crippen molar-refractivity contribution in [2.75, 3.05) is 18.0 Å². The predicted octanol–water partition coefficient (Wildman–Crippen LogP) is 2.05. The van der Waals surface area contributed by atoms with Crippen LogP contribution in [0.25, 0.3) is 0 Å². The van der Waals surface area contributed by atoms with E-state index in [-0.39, 0.29) is 10.6 Å². The zero-order valence-corrected chi connectivity index (χ0v) is 8.01. The van der Waals surface area contributed by atoms with Gasteiger partial charge in [-0.2, -0.15) is 0 Å². The third-order valence-corrected chi connectivity index (χ3v) is 2.49. The summed E-state index contributed by atoms with van der Waals surface area (Å²) in [5.74, 6) is 0.741. The molecular formula is C10H12N2O2. The second-order valence-corrected chi connectivity index (χ2v) is 3.78. The SMILES string of the molecule is CC1CN(c2ccc([N+](=O)[O-])cc2)C1. The van der Waals surface area contributed by atoms with Gasteiger partial charge in [0.25, 0.3) is 5.69 Å². The molecule has 74 valence electrons. The molecule has 0 unspecified atom stereocenters. The van der Waals surface area contributed by atoms with Crippen LogP contribution >= 0.6 is 0 Å². The number of nitrogens with zero attached hydrogens (tertiary/aromatic N) is 2. The van der Waals surface area contributed by atoms with Crippen molar-refractivity contribution in [2.45, 2.75) is 6.92 Å². The number of benzene rings is 1. The highest BCUT2D eigenvalue weighted by Gasteiger charge is 2.22. The van der Waals surface area contributed by atoms with Crippen molar-refractivity contribution in [1.82, 2.24) is 0 Å². The molecule has 14 heavy (non-hydrogen) atoms. The van der Waals surface area contributed by atoms with Crippen LogP contribution in [-0.4, -0.2) is 18.0 Å². The Kier molecular flexibility index (Phi) is 2.11. The Balaban J connectivity index is 2.10. The minimum atomic E-state index is -0.373. The van der Waals surface area contributed by atoms with Gasteiger partial charge in [0.05, 0.1) is 4.92 Å². The van der Waals surface area contributed by atoms with Crippen molar-refractivity contribution in [3.63, 3.8) is 0 Å². The summed E-state index contributed by atoms with van der Waals surface area (Å²) >= 11 is 0. The van der Waals surface area contributed by atoms with Gasteiger partial charge >= 0.3 is 0 Å². The van der Waals surface area contributed by atoms with Crippen molar-refractivity contribution in [3.8, 4) is 0 Å². The third kappa shape index (κ3) is 1.55. The molecule has 0 aliphatic carbocycles. The summed E-state index contributed by atoms with van der Waals surface area (Å²) in [4.78, 5) is 12.3. The first-order valence-electron chi connectivity index (χ1n) is 4.66. The molecule has 4 heteroatoms. The Morgan fingerprint density at radius 1 is 1.36 bits per heavy atom. The van der Waals surface area contributed by atoms with Gasteiger partial charge in [-0.1, -0.05) is 6.92 Å². The van der Waals surface area contributed by atoms with E-state index in [0.717, 1.165) is 24.7 Å². The Morgan fingerprint density at radius 2 is 1.93 bits per heavy atom. The van der Waals surface area contributed by atoms with Crippen LogP contribution in [0.2, 0.25) is 0 Å². The maximum Gasteiger partial charge on any atom is 0.269 e. The van der Waals surface area contributed by atoms with E-state index in [0.29, 0.717) is 0 Å². The standard InChI is InChI=1S/C10H12N2O2/c1-8-6-11(7-8)9-2-4-10(5-3-9)12(13)14/h2-5,8H,6-7H2,1H3. The number of hydrogen-bond acceptors (Lipinski definition) is 3. The van der Waals surface area contributed by atoms with E-state index in [2.05, 4.69) is 11.8 Å². The lowest BCUT2D eigenvalue weighted by Gasteiger charge is -2.39. The van der Waals surface area contributed by atoms with Gasteiger partial charge in [0.1, 0.15) is 0 Å². The molecule has 1 aliphatic heterocycles. The molecule has 0 aromatic heterocycles. The molecule has 1 heterocycles. The molecule has 0 spiro atoms. The lowest BCUT2D eigenvalue weighted by atomic mass is 10.0. The zero-order chi connectivity index (χ0) is 10.1. The lowest BCUT2D eigenvalue weighted by Crippen LogP contribution is -2.45. The molecule has 0 N–H and O–H groups in total. The van der Waals surface area contributed by atoms with Gasteiger partial charge in [-0.15, -0.1) is 0 Å². The molecule has 1 saturated heterocycles. The molecule has 0 saturated carbocycles. The van der Waals surface area contributed by atoms with Gasteiger partial charge < -0.3 is 4.90 Å². The van der Waals surface area contributed by atoms with Gasteiger partial charge in [-0.25, -0.2) is 0 Å². The number of anilines is 1. The van der Waals surface area contributed by atoms with E-state index >= 15 is 0 Å². The predicted molar refractivity (Wildman–Crippen MR) is 54.5 cm³/mol. The molecule has 4 nitrogen and oxygen atoms in total. The number of rotatable bonds is 2. The molecule has 1 aromatic rings. The molecule has 1 fully saturated rings. The maximum atomic E-state index is 10.4. The van der Waals surface area contributed by atoms with E-state index in [1.54, 1.807) is 12.1 Å². The molecule has 0 atom stereocenters. The van der Waals surface area contributed by atoms with Crippen molar-refractivity contribution < 1.29 is 4.92 Å². The number of non-ortho nitro benzene ring substituents is 1. The highest BCUT2D eigenvalue weighted by atomic mass is 16.6. The van der Waals surface area contributed by atoms with Crippen molar-refractivity contribution >= 4 is 11.4 Å². The van der Waals surface area contributed by atoms with E-state index in [1.807, 2.05) is 12.1 Å². The van der Waals surface area contributed by atoms with E-state index in [4.69, 9.17) is 0 Å². The summed E-state index contributed by atoms with van der Waals surface area (Å²) < 4.78 is 0. The summed E-state index contributed by atoms with van der Waals surface area (Å²) in [5, 5.41) is 10.4. The zero-order valence-electron chi connectivity index (χ0n) is 8.01. The summed E-state index contributed by atoms with van der Waals surface area (Å²) in [6.07, 6.45) is 0. The van der Waals surface area contributed by atoms with Crippen LogP contribution in [0.15, 0.2) is 24.3 Å². The number of nitro benzene ring substituents is 1. The molecule has 1 aromatic carbocycles. The van der Waals surface area contributed by atoms with E-state index in [9.17, 15) is 10.1 Å². The topological polar surface area (TPSA) is 46.4 Å². The summed E-state index contributed by atoms with van der Waals surface area (Å²) in [6, 6.07) is 6.73. The average molecular weight is 192 g/mol. The highest BCUT2D eigenvalue weighted by molar-refractivity contribution is 5.52. The largest absolute Gasteiger partial charge is 0.371 e. The Bertz CT molecular complexity index is 342. The van der Waals surface area contributed by atoms with E-state index in [1.165, 1.54) is 0 Å². The van der Waals surface area contributed by atoms with Crippen LogP contribution in [0.3, 0.4) is 0 Å². The smallest absolute Gasteiger partial charge is 0.269 e. The minimum absolute atomic E-state index is 0.155. The molecule has 1 aliphatic rings. The number of nitro groups is 1. The van der Waals surface area contributed by atoms with Crippen LogP contribution in [0, 0.1) is 16.0 Å².